The van der Waals surface area contributed by atoms with E-state index in [2.05, 4.69) is 0 Å². The van der Waals surface area contributed by atoms with Crippen LogP contribution in [-0.2, 0) is 4.79 Å². The van der Waals surface area contributed by atoms with Crippen molar-refractivity contribution < 1.29 is 19.1 Å². The second kappa shape index (κ2) is 6.10. The molecule has 124 valence electrons. The van der Waals surface area contributed by atoms with Gasteiger partial charge in [0.05, 0.1) is 20.3 Å². The molecule has 6 nitrogen and oxygen atoms in total. The second-order valence-electron chi connectivity index (χ2n) is 5.88. The van der Waals surface area contributed by atoms with Crippen molar-refractivity contribution in [3.05, 3.63) is 23.8 Å². The van der Waals surface area contributed by atoms with Crippen LogP contribution in [0.1, 0.15) is 37.8 Å². The molecule has 23 heavy (non-hydrogen) atoms. The van der Waals surface area contributed by atoms with E-state index in [-0.39, 0.29) is 24.0 Å². The molecule has 0 bridgehead atoms. The molecule has 0 aromatic heterocycles. The Morgan fingerprint density at radius 2 is 1.96 bits per heavy atom. The molecule has 2 fully saturated rings. The summed E-state index contributed by atoms with van der Waals surface area (Å²) in [5, 5.41) is 0. The summed E-state index contributed by atoms with van der Waals surface area (Å²) in [6.45, 7) is 2.65. The van der Waals surface area contributed by atoms with Crippen LogP contribution in [0.5, 0.6) is 11.5 Å². The highest BCUT2D eigenvalue weighted by Gasteiger charge is 2.49. The Morgan fingerprint density at radius 1 is 1.22 bits per heavy atom. The number of benzene rings is 1. The Balaban J connectivity index is 1.94. The van der Waals surface area contributed by atoms with Gasteiger partial charge in [-0.25, -0.2) is 4.79 Å². The SMILES string of the molecule is CC[C@@H](c1ccc(OC)c(OC)c1)N1C(=O)[C@@H]2CCCN2C1=O. The van der Waals surface area contributed by atoms with Crippen LogP contribution in [0.25, 0.3) is 0 Å². The number of nitrogens with zero attached hydrogens (tertiary/aromatic N) is 2. The van der Waals surface area contributed by atoms with Crippen molar-refractivity contribution in [2.24, 2.45) is 0 Å². The minimum Gasteiger partial charge on any atom is -0.493 e. The third-order valence-corrected chi connectivity index (χ3v) is 4.72. The van der Waals surface area contributed by atoms with Crippen LogP contribution in [0.15, 0.2) is 18.2 Å². The van der Waals surface area contributed by atoms with Crippen molar-refractivity contribution in [1.29, 1.82) is 0 Å². The highest BCUT2D eigenvalue weighted by molar-refractivity contribution is 6.05. The number of methoxy groups -OCH3 is 2. The normalized spacial score (nSPS) is 21.6. The van der Waals surface area contributed by atoms with E-state index in [1.807, 2.05) is 25.1 Å². The standard InChI is InChI=1S/C17H22N2O4/c1-4-12(11-7-8-14(22-2)15(10-11)23-3)19-16(20)13-6-5-9-18(13)17(19)21/h7-8,10,12-13H,4-6,9H2,1-3H3/t12-,13-/m0/s1. The molecule has 2 atom stereocenters. The third kappa shape index (κ3) is 2.42. The molecule has 0 spiro atoms. The number of hydrogen-bond acceptors (Lipinski definition) is 4. The number of carbonyl (C=O) groups excluding carboxylic acids is 2. The van der Waals surface area contributed by atoms with E-state index in [1.165, 1.54) is 4.90 Å². The zero-order valence-corrected chi connectivity index (χ0v) is 13.7. The van der Waals surface area contributed by atoms with Crippen LogP contribution in [0.4, 0.5) is 4.79 Å². The molecule has 2 saturated heterocycles. The fourth-order valence-electron chi connectivity index (χ4n) is 3.56. The quantitative estimate of drug-likeness (QED) is 0.783. The number of amides is 3. The van der Waals surface area contributed by atoms with E-state index in [4.69, 9.17) is 9.47 Å². The number of imide groups is 1. The molecule has 2 heterocycles. The van der Waals surface area contributed by atoms with E-state index < -0.39 is 0 Å². The molecule has 3 rings (SSSR count). The molecular weight excluding hydrogens is 296 g/mol. The molecule has 3 amide bonds. The summed E-state index contributed by atoms with van der Waals surface area (Å²) in [5.41, 5.74) is 0.882. The zero-order valence-electron chi connectivity index (χ0n) is 13.7. The molecule has 0 aliphatic carbocycles. The summed E-state index contributed by atoms with van der Waals surface area (Å²) >= 11 is 0. The number of fused-ring (bicyclic) bond motifs is 1. The lowest BCUT2D eigenvalue weighted by atomic mass is 10.0. The number of hydrogen-bond donors (Lipinski definition) is 0. The molecule has 2 aliphatic rings. The molecular formula is C17H22N2O4. The largest absolute Gasteiger partial charge is 0.493 e. The maximum absolute atomic E-state index is 12.7. The monoisotopic (exact) mass is 318 g/mol. The summed E-state index contributed by atoms with van der Waals surface area (Å²) in [5.74, 6) is 1.16. The van der Waals surface area contributed by atoms with Gasteiger partial charge in [0.2, 0.25) is 0 Å². The maximum atomic E-state index is 12.7. The van der Waals surface area contributed by atoms with Crippen LogP contribution < -0.4 is 9.47 Å². The molecule has 0 unspecified atom stereocenters. The van der Waals surface area contributed by atoms with Crippen molar-refractivity contribution >= 4 is 11.9 Å². The second-order valence-corrected chi connectivity index (χ2v) is 5.88. The molecule has 0 radical (unpaired) electrons. The maximum Gasteiger partial charge on any atom is 0.328 e. The topological polar surface area (TPSA) is 59.1 Å². The molecule has 1 aromatic carbocycles. The van der Waals surface area contributed by atoms with Gasteiger partial charge in [-0.15, -0.1) is 0 Å². The van der Waals surface area contributed by atoms with Crippen molar-refractivity contribution in [3.8, 4) is 11.5 Å². The lowest BCUT2D eigenvalue weighted by Gasteiger charge is -2.26. The van der Waals surface area contributed by atoms with Gasteiger partial charge in [-0.2, -0.15) is 0 Å². The summed E-state index contributed by atoms with van der Waals surface area (Å²) in [6.07, 6.45) is 2.33. The highest BCUT2D eigenvalue weighted by atomic mass is 16.5. The summed E-state index contributed by atoms with van der Waals surface area (Å²) < 4.78 is 10.6. The molecule has 2 aliphatic heterocycles. The average molecular weight is 318 g/mol. The van der Waals surface area contributed by atoms with Gasteiger partial charge < -0.3 is 14.4 Å². The molecule has 0 N–H and O–H groups in total. The van der Waals surface area contributed by atoms with Gasteiger partial charge in [0, 0.05) is 6.54 Å². The van der Waals surface area contributed by atoms with Gasteiger partial charge in [-0.3, -0.25) is 9.69 Å². The van der Waals surface area contributed by atoms with Gasteiger partial charge in [0.25, 0.3) is 5.91 Å². The van der Waals surface area contributed by atoms with Gasteiger partial charge >= 0.3 is 6.03 Å². The molecule has 6 heteroatoms. The Morgan fingerprint density at radius 3 is 2.57 bits per heavy atom. The Kier molecular flexibility index (Phi) is 4.15. The lowest BCUT2D eigenvalue weighted by molar-refractivity contribution is -0.129. The first-order valence-electron chi connectivity index (χ1n) is 7.98. The van der Waals surface area contributed by atoms with Gasteiger partial charge in [0.1, 0.15) is 6.04 Å². The lowest BCUT2D eigenvalue weighted by Crippen LogP contribution is -2.36. The number of urea groups is 1. The van der Waals surface area contributed by atoms with Crippen LogP contribution in [-0.4, -0.2) is 48.5 Å². The molecule has 1 aromatic rings. The van der Waals surface area contributed by atoms with Gasteiger partial charge in [-0.1, -0.05) is 13.0 Å². The fraction of sp³-hybridized carbons (Fsp3) is 0.529. The zero-order chi connectivity index (χ0) is 16.6. The van der Waals surface area contributed by atoms with E-state index in [9.17, 15) is 9.59 Å². The van der Waals surface area contributed by atoms with Gasteiger partial charge in [0.15, 0.2) is 11.5 Å². The van der Waals surface area contributed by atoms with E-state index in [0.717, 1.165) is 18.4 Å². The predicted molar refractivity (Wildman–Crippen MR) is 84.5 cm³/mol. The molecule has 0 saturated carbocycles. The Bertz CT molecular complexity index is 609. The predicted octanol–water partition coefficient (Wildman–Crippen LogP) is 2.58. The number of carbonyl (C=O) groups is 2. The van der Waals surface area contributed by atoms with Crippen molar-refractivity contribution in [2.75, 3.05) is 20.8 Å². The Hall–Kier alpha value is -2.24. The first-order chi connectivity index (χ1) is 11.1. The van der Waals surface area contributed by atoms with E-state index in [0.29, 0.717) is 24.5 Å². The van der Waals surface area contributed by atoms with Gasteiger partial charge in [-0.05, 0) is 37.0 Å². The van der Waals surface area contributed by atoms with Crippen LogP contribution in [0.2, 0.25) is 0 Å². The van der Waals surface area contributed by atoms with Crippen molar-refractivity contribution in [1.82, 2.24) is 9.80 Å². The first-order valence-corrected chi connectivity index (χ1v) is 7.98. The van der Waals surface area contributed by atoms with Crippen molar-refractivity contribution in [2.45, 2.75) is 38.3 Å². The number of rotatable bonds is 5. The summed E-state index contributed by atoms with van der Waals surface area (Å²) in [7, 11) is 3.15. The van der Waals surface area contributed by atoms with Crippen LogP contribution in [0.3, 0.4) is 0 Å². The average Bonchev–Trinajstić information content (AvgIpc) is 3.14. The highest BCUT2D eigenvalue weighted by Crippen LogP contribution is 2.38. The number of ether oxygens (including phenoxy) is 2. The van der Waals surface area contributed by atoms with E-state index in [1.54, 1.807) is 19.1 Å². The first kappa shape index (κ1) is 15.6. The third-order valence-electron chi connectivity index (χ3n) is 4.72. The minimum absolute atomic E-state index is 0.0749. The van der Waals surface area contributed by atoms with Crippen LogP contribution >= 0.6 is 0 Å². The summed E-state index contributed by atoms with van der Waals surface area (Å²) in [6, 6.07) is 4.83. The minimum atomic E-state index is -0.277. The Labute approximate surface area is 136 Å². The fourth-order valence-corrected chi connectivity index (χ4v) is 3.56. The van der Waals surface area contributed by atoms with Crippen LogP contribution in [0, 0.1) is 0 Å². The van der Waals surface area contributed by atoms with Crippen molar-refractivity contribution in [3.63, 3.8) is 0 Å². The summed E-state index contributed by atoms with van der Waals surface area (Å²) in [4.78, 5) is 28.4. The smallest absolute Gasteiger partial charge is 0.328 e. The van der Waals surface area contributed by atoms with E-state index >= 15 is 0 Å².